The van der Waals surface area contributed by atoms with Gasteiger partial charge in [-0.25, -0.2) is 9.78 Å². The Morgan fingerprint density at radius 3 is 2.87 bits per heavy atom. The van der Waals surface area contributed by atoms with Crippen LogP contribution in [-0.4, -0.2) is 36.3 Å². The van der Waals surface area contributed by atoms with Gasteiger partial charge < -0.3 is 19.8 Å². The van der Waals surface area contributed by atoms with Gasteiger partial charge in [0.2, 0.25) is 0 Å². The molecule has 0 aliphatic carbocycles. The quantitative estimate of drug-likeness (QED) is 0.735. The Hall–Kier alpha value is -1.56. The summed E-state index contributed by atoms with van der Waals surface area (Å²) < 4.78 is 11.2. The van der Waals surface area contributed by atoms with Gasteiger partial charge in [-0.1, -0.05) is 0 Å². The average Bonchev–Trinajstić information content (AvgIpc) is 2.59. The van der Waals surface area contributed by atoms with Gasteiger partial charge >= 0.3 is 5.97 Å². The lowest BCUT2D eigenvalue weighted by Crippen LogP contribution is -2.14. The van der Waals surface area contributed by atoms with E-state index >= 15 is 0 Å². The highest BCUT2D eigenvalue weighted by Crippen LogP contribution is 2.17. The smallest absolute Gasteiger partial charge is 0.360 e. The molecule has 84 valence electrons. The van der Waals surface area contributed by atoms with Gasteiger partial charge in [0.15, 0.2) is 5.69 Å². The monoisotopic (exact) mass is 213 g/mol. The van der Waals surface area contributed by atoms with Crippen LogP contribution in [-0.2, 0) is 9.47 Å². The predicted molar refractivity (Wildman–Crippen MR) is 54.6 cm³/mol. The number of aromatic nitrogens is 2. The van der Waals surface area contributed by atoms with E-state index in [1.54, 1.807) is 11.7 Å². The van der Waals surface area contributed by atoms with E-state index in [-0.39, 0.29) is 11.7 Å². The molecule has 0 radical (unpaired) electrons. The highest BCUT2D eigenvalue weighted by atomic mass is 16.5. The SMILES string of the molecule is COCC(C)n1cnc(C(=O)OC)c1N. The van der Waals surface area contributed by atoms with Crippen molar-refractivity contribution in [2.75, 3.05) is 26.6 Å². The molecule has 1 aromatic heterocycles. The average molecular weight is 213 g/mol. The summed E-state index contributed by atoms with van der Waals surface area (Å²) in [6, 6.07) is 0.0286. The minimum atomic E-state index is -0.532. The summed E-state index contributed by atoms with van der Waals surface area (Å²) in [6.07, 6.45) is 1.51. The third-order valence-electron chi connectivity index (χ3n) is 2.09. The van der Waals surface area contributed by atoms with Crippen molar-refractivity contribution < 1.29 is 14.3 Å². The molecular weight excluding hydrogens is 198 g/mol. The summed E-state index contributed by atoms with van der Waals surface area (Å²) in [5.74, 6) is -0.234. The summed E-state index contributed by atoms with van der Waals surface area (Å²) in [5, 5.41) is 0. The Bertz CT molecular complexity index is 348. The molecule has 0 spiro atoms. The van der Waals surface area contributed by atoms with E-state index in [2.05, 4.69) is 9.72 Å². The molecule has 1 rings (SSSR count). The van der Waals surface area contributed by atoms with Crippen LogP contribution >= 0.6 is 0 Å². The summed E-state index contributed by atoms with van der Waals surface area (Å²) in [4.78, 5) is 15.1. The second-order valence-corrected chi connectivity index (χ2v) is 3.18. The maximum Gasteiger partial charge on any atom is 0.360 e. The van der Waals surface area contributed by atoms with Crippen LogP contribution in [0.1, 0.15) is 23.5 Å². The number of ether oxygens (including phenoxy) is 2. The topological polar surface area (TPSA) is 79.4 Å². The van der Waals surface area contributed by atoms with E-state index in [4.69, 9.17) is 10.5 Å². The van der Waals surface area contributed by atoms with E-state index in [9.17, 15) is 4.79 Å². The van der Waals surface area contributed by atoms with Crippen molar-refractivity contribution >= 4 is 11.8 Å². The Labute approximate surface area is 88.0 Å². The fraction of sp³-hybridized carbons (Fsp3) is 0.556. The van der Waals surface area contributed by atoms with Crippen LogP contribution in [0.5, 0.6) is 0 Å². The van der Waals surface area contributed by atoms with Gasteiger partial charge in [0.05, 0.1) is 26.1 Å². The van der Waals surface area contributed by atoms with Gasteiger partial charge in [0, 0.05) is 7.11 Å². The first-order valence-electron chi connectivity index (χ1n) is 4.51. The first-order chi connectivity index (χ1) is 7.11. The van der Waals surface area contributed by atoms with Crippen LogP contribution in [0.15, 0.2) is 6.33 Å². The number of esters is 1. The van der Waals surface area contributed by atoms with Gasteiger partial charge in [-0.05, 0) is 6.92 Å². The summed E-state index contributed by atoms with van der Waals surface area (Å²) in [6.45, 7) is 2.42. The third-order valence-corrected chi connectivity index (χ3v) is 2.09. The van der Waals surface area contributed by atoms with Crippen LogP contribution in [0.2, 0.25) is 0 Å². The molecule has 0 aromatic carbocycles. The zero-order valence-electron chi connectivity index (χ0n) is 9.06. The number of carbonyl (C=O) groups is 1. The van der Waals surface area contributed by atoms with Crippen molar-refractivity contribution in [2.24, 2.45) is 0 Å². The van der Waals surface area contributed by atoms with E-state index in [1.165, 1.54) is 13.4 Å². The fourth-order valence-electron chi connectivity index (χ4n) is 1.30. The van der Waals surface area contributed by atoms with Crippen molar-refractivity contribution in [1.82, 2.24) is 9.55 Å². The van der Waals surface area contributed by atoms with Crippen molar-refractivity contribution in [3.8, 4) is 0 Å². The van der Waals surface area contributed by atoms with Crippen LogP contribution in [0.4, 0.5) is 5.82 Å². The summed E-state index contributed by atoms with van der Waals surface area (Å²) >= 11 is 0. The van der Waals surface area contributed by atoms with Crippen LogP contribution in [0.25, 0.3) is 0 Å². The van der Waals surface area contributed by atoms with Gasteiger partial charge in [-0.2, -0.15) is 0 Å². The number of carbonyl (C=O) groups excluding carboxylic acids is 1. The fourth-order valence-corrected chi connectivity index (χ4v) is 1.30. The number of hydrogen-bond donors (Lipinski definition) is 1. The molecule has 6 nitrogen and oxygen atoms in total. The van der Waals surface area contributed by atoms with E-state index in [0.29, 0.717) is 12.4 Å². The number of nitrogen functional groups attached to an aromatic ring is 1. The zero-order chi connectivity index (χ0) is 11.4. The number of imidazole rings is 1. The Balaban J connectivity index is 2.93. The second-order valence-electron chi connectivity index (χ2n) is 3.18. The zero-order valence-corrected chi connectivity index (χ0v) is 9.06. The number of rotatable bonds is 4. The molecule has 0 amide bonds. The Morgan fingerprint density at radius 1 is 1.67 bits per heavy atom. The molecule has 15 heavy (non-hydrogen) atoms. The molecule has 0 saturated carbocycles. The number of nitrogens with zero attached hydrogens (tertiary/aromatic N) is 2. The lowest BCUT2D eigenvalue weighted by atomic mass is 10.3. The molecule has 1 atom stereocenters. The molecule has 1 aromatic rings. The first kappa shape index (κ1) is 11.5. The van der Waals surface area contributed by atoms with Gasteiger partial charge in [-0.15, -0.1) is 0 Å². The lowest BCUT2D eigenvalue weighted by Gasteiger charge is -2.13. The highest BCUT2D eigenvalue weighted by molar-refractivity contribution is 5.92. The van der Waals surface area contributed by atoms with Crippen LogP contribution in [0.3, 0.4) is 0 Å². The van der Waals surface area contributed by atoms with Gasteiger partial charge in [0.25, 0.3) is 0 Å². The van der Waals surface area contributed by atoms with E-state index < -0.39 is 5.97 Å². The number of methoxy groups -OCH3 is 2. The maximum absolute atomic E-state index is 11.2. The van der Waals surface area contributed by atoms with Gasteiger partial charge in [-0.3, -0.25) is 0 Å². The Kier molecular flexibility index (Phi) is 3.68. The molecular formula is C9H15N3O3. The summed E-state index contributed by atoms with van der Waals surface area (Å²) in [5.41, 5.74) is 5.89. The molecule has 0 aliphatic heterocycles. The largest absolute Gasteiger partial charge is 0.464 e. The van der Waals surface area contributed by atoms with E-state index in [0.717, 1.165) is 0 Å². The molecule has 0 bridgehead atoms. The van der Waals surface area contributed by atoms with Crippen molar-refractivity contribution in [3.63, 3.8) is 0 Å². The van der Waals surface area contributed by atoms with E-state index in [1.807, 2.05) is 6.92 Å². The highest BCUT2D eigenvalue weighted by Gasteiger charge is 2.18. The van der Waals surface area contributed by atoms with Crippen molar-refractivity contribution in [3.05, 3.63) is 12.0 Å². The van der Waals surface area contributed by atoms with Gasteiger partial charge in [0.1, 0.15) is 5.82 Å². The van der Waals surface area contributed by atoms with Crippen LogP contribution < -0.4 is 5.73 Å². The standard InChI is InChI=1S/C9H15N3O3/c1-6(4-14-2)12-5-11-7(8(12)10)9(13)15-3/h5-6H,4,10H2,1-3H3. The number of anilines is 1. The molecule has 1 unspecified atom stereocenters. The molecule has 6 heteroatoms. The summed E-state index contributed by atoms with van der Waals surface area (Å²) in [7, 11) is 2.89. The molecule has 2 N–H and O–H groups in total. The predicted octanol–water partition coefficient (Wildman–Crippen LogP) is 0.459. The molecule has 0 aliphatic rings. The van der Waals surface area contributed by atoms with Crippen molar-refractivity contribution in [2.45, 2.75) is 13.0 Å². The molecule has 0 saturated heterocycles. The number of nitrogens with two attached hydrogens (primary N) is 1. The Morgan fingerprint density at radius 2 is 2.33 bits per heavy atom. The first-order valence-corrected chi connectivity index (χ1v) is 4.51. The second kappa shape index (κ2) is 4.79. The van der Waals surface area contributed by atoms with Crippen molar-refractivity contribution in [1.29, 1.82) is 0 Å². The third kappa shape index (κ3) is 2.27. The molecule has 0 fully saturated rings. The minimum Gasteiger partial charge on any atom is -0.464 e. The molecule has 1 heterocycles. The van der Waals surface area contributed by atoms with Crippen LogP contribution in [0, 0.1) is 0 Å². The minimum absolute atomic E-state index is 0.0286. The number of hydrogen-bond acceptors (Lipinski definition) is 5. The lowest BCUT2D eigenvalue weighted by molar-refractivity contribution is 0.0596. The maximum atomic E-state index is 11.2. The normalized spacial score (nSPS) is 12.5.